The Bertz CT molecular complexity index is 2870. The first-order valence-electron chi connectivity index (χ1n) is 19.7. The second-order valence-corrected chi connectivity index (χ2v) is 19.8. The average molecular weight is 725 g/mol. The van der Waals surface area contributed by atoms with Gasteiger partial charge in [-0.25, -0.2) is 9.97 Å². The highest BCUT2D eigenvalue weighted by atomic mass is 16.3. The normalized spacial score (nSPS) is 13.5. The number of nitrogens with zero attached hydrogens (tertiary/aromatic N) is 4. The molecule has 5 nitrogen and oxygen atoms in total. The number of hydrogen-bond acceptors (Lipinski definition) is 3. The van der Waals surface area contributed by atoms with Crippen molar-refractivity contribution in [3.05, 3.63) is 120 Å². The smallest absolute Gasteiger partial charge is 0.197 e. The molecule has 4 aromatic heterocycles. The molecule has 278 valence electrons. The van der Waals surface area contributed by atoms with Crippen molar-refractivity contribution in [1.29, 1.82) is 0 Å². The molecule has 0 spiro atoms. The van der Waals surface area contributed by atoms with Gasteiger partial charge in [0.1, 0.15) is 17.4 Å². The first-order chi connectivity index (χ1) is 25.8. The Hall–Kier alpha value is -5.42. The van der Waals surface area contributed by atoms with Gasteiger partial charge in [-0.05, 0) is 111 Å². The zero-order chi connectivity index (χ0) is 39.0. The van der Waals surface area contributed by atoms with E-state index in [4.69, 9.17) is 14.4 Å². The Labute approximate surface area is 324 Å². The van der Waals surface area contributed by atoms with Crippen molar-refractivity contribution in [2.24, 2.45) is 0 Å². The average Bonchev–Trinajstić information content (AvgIpc) is 3.76. The minimum Gasteiger partial charge on any atom is -0.450 e. The summed E-state index contributed by atoms with van der Waals surface area (Å²) in [6.07, 6.45) is 1.69. The van der Waals surface area contributed by atoms with E-state index >= 15 is 0 Å². The Morgan fingerprint density at radius 2 is 0.818 bits per heavy atom. The second-order valence-electron chi connectivity index (χ2n) is 19.8. The van der Waals surface area contributed by atoms with Crippen molar-refractivity contribution in [2.45, 2.75) is 105 Å². The third-order valence-corrected chi connectivity index (χ3v) is 11.7. The van der Waals surface area contributed by atoms with E-state index in [1.807, 2.05) is 0 Å². The van der Waals surface area contributed by atoms with Gasteiger partial charge in [-0.2, -0.15) is 0 Å². The summed E-state index contributed by atoms with van der Waals surface area (Å²) in [4.78, 5) is 9.84. The molecule has 0 aliphatic carbocycles. The first kappa shape index (κ1) is 35.3. The molecule has 0 saturated heterocycles. The van der Waals surface area contributed by atoms with E-state index < -0.39 is 0 Å². The fourth-order valence-corrected chi connectivity index (χ4v) is 8.27. The van der Waals surface area contributed by atoms with Crippen LogP contribution in [0.4, 0.5) is 0 Å². The minimum absolute atomic E-state index is 0.0169. The van der Waals surface area contributed by atoms with Gasteiger partial charge >= 0.3 is 0 Å². The lowest BCUT2D eigenvalue weighted by atomic mass is 9.85. The molecule has 0 N–H and O–H groups in total. The zero-order valence-electron chi connectivity index (χ0n) is 34.4. The maximum absolute atomic E-state index is 6.76. The lowest BCUT2D eigenvalue weighted by Crippen LogP contribution is -2.10. The van der Waals surface area contributed by atoms with Crippen molar-refractivity contribution < 1.29 is 4.42 Å². The Morgan fingerprint density at radius 3 is 1.22 bits per heavy atom. The molecule has 0 fully saturated rings. The van der Waals surface area contributed by atoms with Gasteiger partial charge in [0, 0.05) is 32.6 Å². The number of furan rings is 1. The molecular formula is C50H52N4O. The van der Waals surface area contributed by atoms with Crippen LogP contribution in [0.15, 0.2) is 102 Å². The van der Waals surface area contributed by atoms with E-state index in [2.05, 4.69) is 183 Å². The largest absolute Gasteiger partial charge is 0.450 e. The van der Waals surface area contributed by atoms with Crippen LogP contribution in [0.2, 0.25) is 0 Å². The van der Waals surface area contributed by atoms with Gasteiger partial charge in [0.2, 0.25) is 0 Å². The van der Waals surface area contributed by atoms with E-state index in [0.717, 1.165) is 39.0 Å². The van der Waals surface area contributed by atoms with Crippen molar-refractivity contribution >= 4 is 65.7 Å². The van der Waals surface area contributed by atoms with Crippen LogP contribution < -0.4 is 0 Å². The van der Waals surface area contributed by atoms with E-state index in [-0.39, 0.29) is 21.7 Å². The van der Waals surface area contributed by atoms with Gasteiger partial charge in [0.15, 0.2) is 11.4 Å². The predicted molar refractivity (Wildman–Crippen MR) is 233 cm³/mol. The number of hydrogen-bond donors (Lipinski definition) is 0. The molecule has 0 aliphatic heterocycles. The molecule has 0 atom stereocenters. The zero-order valence-corrected chi connectivity index (χ0v) is 34.4. The third-order valence-electron chi connectivity index (χ3n) is 11.7. The van der Waals surface area contributed by atoms with Crippen LogP contribution in [-0.4, -0.2) is 19.1 Å². The number of fused-ring (bicyclic) bond motifs is 9. The van der Waals surface area contributed by atoms with Crippen LogP contribution in [0.25, 0.3) is 77.2 Å². The van der Waals surface area contributed by atoms with Gasteiger partial charge < -0.3 is 8.98 Å². The summed E-state index contributed by atoms with van der Waals surface area (Å²) in [6, 6.07) is 34.2. The van der Waals surface area contributed by atoms with E-state index in [1.54, 1.807) is 6.33 Å². The fourth-order valence-electron chi connectivity index (χ4n) is 8.27. The predicted octanol–water partition coefficient (Wildman–Crippen LogP) is 13.8. The molecule has 0 aliphatic rings. The molecule has 0 bridgehead atoms. The summed E-state index contributed by atoms with van der Waals surface area (Å²) in [5, 5.41) is 5.94. The topological polar surface area (TPSA) is 48.8 Å². The maximum atomic E-state index is 6.76. The van der Waals surface area contributed by atoms with E-state index in [1.165, 1.54) is 54.8 Å². The van der Waals surface area contributed by atoms with Gasteiger partial charge in [0.25, 0.3) is 0 Å². The van der Waals surface area contributed by atoms with Crippen LogP contribution in [-0.2, 0) is 21.7 Å². The molecule has 0 amide bonds. The molecule has 9 aromatic rings. The van der Waals surface area contributed by atoms with Crippen molar-refractivity contribution in [3.63, 3.8) is 0 Å². The van der Waals surface area contributed by atoms with Crippen LogP contribution in [0.1, 0.15) is 105 Å². The molecule has 0 unspecified atom stereocenters. The molecule has 0 radical (unpaired) electrons. The summed E-state index contributed by atoms with van der Waals surface area (Å²) in [5.74, 6) is 0.746. The maximum Gasteiger partial charge on any atom is 0.197 e. The highest BCUT2D eigenvalue weighted by molar-refractivity contribution is 6.13. The summed E-state index contributed by atoms with van der Waals surface area (Å²) in [5.41, 5.74) is 13.3. The van der Waals surface area contributed by atoms with Gasteiger partial charge in [-0.1, -0.05) is 107 Å². The van der Waals surface area contributed by atoms with Crippen molar-refractivity contribution in [2.75, 3.05) is 0 Å². The summed E-state index contributed by atoms with van der Waals surface area (Å²) >= 11 is 0. The molecule has 9 rings (SSSR count). The fraction of sp³-hybridized carbons (Fsp3) is 0.320. The second kappa shape index (κ2) is 11.6. The summed E-state index contributed by atoms with van der Waals surface area (Å²) in [6.45, 7) is 27.4. The molecule has 55 heavy (non-hydrogen) atoms. The molecule has 5 heteroatoms. The number of aromatic nitrogens is 4. The molecule has 5 aromatic carbocycles. The molecule has 0 saturated carbocycles. The van der Waals surface area contributed by atoms with Crippen molar-refractivity contribution in [3.8, 4) is 11.5 Å². The highest BCUT2D eigenvalue weighted by Crippen LogP contribution is 2.42. The molecular weight excluding hydrogens is 673 g/mol. The Kier molecular flexibility index (Phi) is 7.41. The monoisotopic (exact) mass is 724 g/mol. The minimum atomic E-state index is 0.0169. The summed E-state index contributed by atoms with van der Waals surface area (Å²) in [7, 11) is 0. The lowest BCUT2D eigenvalue weighted by molar-refractivity contribution is 0.590. The van der Waals surface area contributed by atoms with Gasteiger partial charge in [-0.15, -0.1) is 0 Å². The SMILES string of the molecule is CC(C)(C)c1ccc2c(c1)c1cc(C(C)(C)C)ccc1n2-c1ccc2oc3c(-n4c5ccc(C(C)(C)C)cc5c5cc(C(C)(C)C)ccc54)ncnc3c2c1. The Balaban J connectivity index is 1.29. The summed E-state index contributed by atoms with van der Waals surface area (Å²) < 4.78 is 11.4. The van der Waals surface area contributed by atoms with Gasteiger partial charge in [0.05, 0.1) is 22.1 Å². The van der Waals surface area contributed by atoms with Crippen LogP contribution in [0, 0.1) is 0 Å². The van der Waals surface area contributed by atoms with Gasteiger partial charge in [-0.3, -0.25) is 4.57 Å². The highest BCUT2D eigenvalue weighted by Gasteiger charge is 2.25. The van der Waals surface area contributed by atoms with Crippen LogP contribution >= 0.6 is 0 Å². The number of rotatable bonds is 2. The third kappa shape index (κ3) is 5.57. The quantitative estimate of drug-likeness (QED) is 0.178. The first-order valence-corrected chi connectivity index (χ1v) is 19.7. The Morgan fingerprint density at radius 1 is 0.418 bits per heavy atom. The van der Waals surface area contributed by atoms with Crippen LogP contribution in [0.5, 0.6) is 0 Å². The molecule has 4 heterocycles. The standard InChI is InChI=1S/C50H52N4O/c1-47(2,3)29-13-18-39-34(23-29)35-24-30(48(4,5)6)14-19-40(35)53(39)33-17-22-43-38(27-33)44-45(55-43)46(52-28-51-44)54-41-20-15-31(49(7,8)9)25-36(41)37-26-32(50(10,11)12)16-21-42(37)54/h13-28H,1-12H3. The van der Waals surface area contributed by atoms with E-state index in [0.29, 0.717) is 5.58 Å². The van der Waals surface area contributed by atoms with Crippen molar-refractivity contribution in [1.82, 2.24) is 19.1 Å². The van der Waals surface area contributed by atoms with Crippen LogP contribution in [0.3, 0.4) is 0 Å². The lowest BCUT2D eigenvalue weighted by Gasteiger charge is -2.19. The van der Waals surface area contributed by atoms with E-state index in [9.17, 15) is 0 Å². The number of benzene rings is 5.